The molecule has 1 fully saturated rings. The van der Waals surface area contributed by atoms with E-state index in [4.69, 9.17) is 33.7 Å². The van der Waals surface area contributed by atoms with Gasteiger partial charge in [0.05, 0.1) is 46.0 Å². The van der Waals surface area contributed by atoms with Crippen molar-refractivity contribution in [2.24, 2.45) is 0 Å². The van der Waals surface area contributed by atoms with Crippen LogP contribution >= 0.6 is 8.53 Å². The van der Waals surface area contributed by atoms with Gasteiger partial charge in [-0.05, 0) is 82.5 Å². The van der Waals surface area contributed by atoms with Crippen LogP contribution in [-0.2, 0) is 24.1 Å². The quantitative estimate of drug-likeness (QED) is 0.0562. The summed E-state index contributed by atoms with van der Waals surface area (Å²) in [6, 6.07) is 27.9. The van der Waals surface area contributed by atoms with Gasteiger partial charge in [0, 0.05) is 18.5 Å². The average molecular weight is 810 g/mol. The molecule has 6 rings (SSSR count). The van der Waals surface area contributed by atoms with Crippen LogP contribution in [0, 0.1) is 25.2 Å². The van der Waals surface area contributed by atoms with Gasteiger partial charge in [-0.15, -0.1) is 0 Å². The molecule has 0 radical (unpaired) electrons. The molecule has 0 saturated carbocycles. The maximum atomic E-state index is 14.0. The molecule has 3 aromatic carbocycles. The zero-order valence-electron chi connectivity index (χ0n) is 34.3. The number of rotatable bonds is 17. The average Bonchev–Trinajstić information content (AvgIpc) is 3.61. The Morgan fingerprint density at radius 2 is 1.50 bits per heavy atom. The van der Waals surface area contributed by atoms with Crippen molar-refractivity contribution in [3.8, 4) is 17.6 Å². The predicted octanol–water partition coefficient (Wildman–Crippen LogP) is 7.36. The lowest BCUT2D eigenvalue weighted by Gasteiger charge is -2.39. The molecule has 1 unspecified atom stereocenters. The van der Waals surface area contributed by atoms with Crippen LogP contribution in [-0.4, -0.2) is 75.9 Å². The fourth-order valence-electron chi connectivity index (χ4n) is 7.41. The van der Waals surface area contributed by atoms with Crippen molar-refractivity contribution in [1.29, 1.82) is 5.26 Å². The molecule has 1 aliphatic rings. The van der Waals surface area contributed by atoms with Crippen LogP contribution in [0.25, 0.3) is 11.2 Å². The first-order valence-corrected chi connectivity index (χ1v) is 20.5. The summed E-state index contributed by atoms with van der Waals surface area (Å²) < 4.78 is 42.4. The minimum absolute atomic E-state index is 0.0196. The molecule has 1 saturated heterocycles. The molecule has 0 bridgehead atoms. The minimum Gasteiger partial charge on any atom is -0.497 e. The molecule has 306 valence electrons. The molecular formula is C43H52N7O7P. The first-order valence-electron chi connectivity index (χ1n) is 19.3. The highest BCUT2D eigenvalue weighted by Gasteiger charge is 2.45. The summed E-state index contributed by atoms with van der Waals surface area (Å²) >= 11 is 0. The van der Waals surface area contributed by atoms with Crippen molar-refractivity contribution >= 4 is 25.5 Å². The lowest BCUT2D eigenvalue weighted by Crippen LogP contribution is -2.39. The van der Waals surface area contributed by atoms with Crippen LogP contribution in [0.1, 0.15) is 75.0 Å². The second-order valence-electron chi connectivity index (χ2n) is 14.6. The number of ether oxygens (including phenoxy) is 4. The number of benzene rings is 3. The predicted molar refractivity (Wildman–Crippen MR) is 222 cm³/mol. The molecule has 14 nitrogen and oxygen atoms in total. The van der Waals surface area contributed by atoms with Crippen LogP contribution in [0.2, 0.25) is 0 Å². The van der Waals surface area contributed by atoms with Gasteiger partial charge in [-0.2, -0.15) is 5.26 Å². The van der Waals surface area contributed by atoms with Crippen molar-refractivity contribution in [2.75, 3.05) is 33.2 Å². The van der Waals surface area contributed by atoms with E-state index in [0.717, 1.165) is 16.7 Å². The first kappa shape index (κ1) is 42.6. The molecule has 0 spiro atoms. The number of nitrogen functional groups attached to an aromatic ring is 1. The van der Waals surface area contributed by atoms with Gasteiger partial charge < -0.3 is 33.7 Å². The Balaban J connectivity index is 1.49. The van der Waals surface area contributed by atoms with E-state index in [1.54, 1.807) is 28.1 Å². The summed E-state index contributed by atoms with van der Waals surface area (Å²) in [7, 11) is 1.56. The van der Waals surface area contributed by atoms with E-state index in [1.165, 1.54) is 4.57 Å². The van der Waals surface area contributed by atoms with Gasteiger partial charge in [-0.25, -0.2) is 19.6 Å². The van der Waals surface area contributed by atoms with Crippen molar-refractivity contribution in [1.82, 2.24) is 24.2 Å². The molecule has 0 aliphatic carbocycles. The van der Waals surface area contributed by atoms with E-state index in [9.17, 15) is 10.1 Å². The van der Waals surface area contributed by atoms with Gasteiger partial charge in [0.15, 0.2) is 11.5 Å². The fraction of sp³-hybridized carbons (Fsp3) is 0.419. The van der Waals surface area contributed by atoms with E-state index in [-0.39, 0.29) is 60.9 Å². The summed E-state index contributed by atoms with van der Waals surface area (Å²) in [5.41, 5.74) is 8.17. The Kier molecular flexibility index (Phi) is 13.8. The van der Waals surface area contributed by atoms with Gasteiger partial charge in [-0.3, -0.25) is 9.36 Å². The number of nitrogens with zero attached hydrogens (tertiary/aromatic N) is 6. The largest absolute Gasteiger partial charge is 0.497 e. The van der Waals surface area contributed by atoms with Crippen LogP contribution in [0.15, 0.2) is 83.7 Å². The number of hydrogen-bond acceptors (Lipinski definition) is 13. The molecule has 1 aliphatic heterocycles. The second-order valence-corrected chi connectivity index (χ2v) is 16.0. The zero-order valence-corrected chi connectivity index (χ0v) is 35.2. The topological polar surface area (TPSA) is 169 Å². The Hall–Kier alpha value is -5.00. The first-order chi connectivity index (χ1) is 27.9. The molecule has 2 N–H and O–H groups in total. The Morgan fingerprint density at radius 1 is 0.914 bits per heavy atom. The Morgan fingerprint density at radius 3 is 2.05 bits per heavy atom. The van der Waals surface area contributed by atoms with E-state index < -0.39 is 32.6 Å². The molecule has 3 heterocycles. The number of nitriles is 1. The van der Waals surface area contributed by atoms with Crippen LogP contribution in [0.5, 0.6) is 11.5 Å². The summed E-state index contributed by atoms with van der Waals surface area (Å²) in [5, 5.41) is 9.40. The third kappa shape index (κ3) is 8.85. The number of nitrogens with two attached hydrogens (primary N) is 1. The highest BCUT2D eigenvalue weighted by atomic mass is 31.2. The summed E-state index contributed by atoms with van der Waals surface area (Å²) in [6.07, 6.45) is -1.78. The highest BCUT2D eigenvalue weighted by Crippen LogP contribution is 2.51. The maximum Gasteiger partial charge on any atom is 0.275 e. The molecule has 58 heavy (non-hydrogen) atoms. The third-order valence-electron chi connectivity index (χ3n) is 10.0. The lowest BCUT2D eigenvalue weighted by atomic mass is 9.80. The van der Waals surface area contributed by atoms with E-state index in [0.29, 0.717) is 22.8 Å². The second kappa shape index (κ2) is 18.7. The van der Waals surface area contributed by atoms with Crippen molar-refractivity contribution in [2.45, 2.75) is 90.5 Å². The molecular weight excluding hydrogens is 757 g/mol. The van der Waals surface area contributed by atoms with E-state index in [2.05, 4.69) is 53.4 Å². The molecule has 0 amide bonds. The third-order valence-corrected chi connectivity index (χ3v) is 12.2. The van der Waals surface area contributed by atoms with Crippen LogP contribution < -0.4 is 20.8 Å². The van der Waals surface area contributed by atoms with Gasteiger partial charge in [-0.1, -0.05) is 54.6 Å². The Labute approximate surface area is 340 Å². The fourth-order valence-corrected chi connectivity index (χ4v) is 9.17. The number of aryl methyl sites for hydroxylation is 2. The highest BCUT2D eigenvalue weighted by molar-refractivity contribution is 7.44. The van der Waals surface area contributed by atoms with Gasteiger partial charge in [0.2, 0.25) is 0 Å². The van der Waals surface area contributed by atoms with E-state index >= 15 is 0 Å². The lowest BCUT2D eigenvalue weighted by molar-refractivity contribution is -0.0917. The smallest absolute Gasteiger partial charge is 0.275 e. The standard InChI is InChI=1S/C43H52N7O7P/c1-27(2)50(28(3)4)58(55-24-12-23-44)57-36-25-38(49-41-39(46-29(5)42(49)51)40(45)47-30(6)48-41)56-37(36)26-54-43(31-13-10-9-11-14-31,32-15-19-34(52-7)20-16-32)33-17-21-35(53-8)22-18-33/h9-11,13-22,27-28,36-38H,12,24-26H2,1-8H3,(H2,45,47,48)/t36-,37+,38+,58?/m0/s1. The summed E-state index contributed by atoms with van der Waals surface area (Å²) in [4.78, 5) is 27.4. The number of aromatic nitrogens is 4. The molecule has 2 aromatic heterocycles. The minimum atomic E-state index is -1.71. The summed E-state index contributed by atoms with van der Waals surface area (Å²) in [5.74, 6) is 1.95. The van der Waals surface area contributed by atoms with Gasteiger partial charge in [0.1, 0.15) is 46.5 Å². The monoisotopic (exact) mass is 809 g/mol. The number of hydrogen-bond donors (Lipinski definition) is 1. The molecule has 4 atom stereocenters. The number of anilines is 1. The maximum absolute atomic E-state index is 14.0. The van der Waals surface area contributed by atoms with Crippen molar-refractivity contribution in [3.05, 3.63) is 117 Å². The van der Waals surface area contributed by atoms with Crippen LogP contribution in [0.4, 0.5) is 5.82 Å². The van der Waals surface area contributed by atoms with Crippen molar-refractivity contribution in [3.63, 3.8) is 0 Å². The summed E-state index contributed by atoms with van der Waals surface area (Å²) in [6.45, 7) is 11.9. The Bertz CT molecular complexity index is 2190. The normalized spacial score (nSPS) is 17.6. The van der Waals surface area contributed by atoms with Crippen LogP contribution in [0.3, 0.4) is 0 Å². The van der Waals surface area contributed by atoms with Gasteiger partial charge in [0.25, 0.3) is 14.1 Å². The SMILES string of the molecule is COc1ccc(C(OC[C@H]2O[C@@H](n3c(=O)c(C)nc4c(N)nc(C)nc43)C[C@@H]2OP(OCCC#N)N(C(C)C)C(C)C)(c2ccccc2)c2ccc(OC)cc2)cc1. The van der Waals surface area contributed by atoms with Crippen molar-refractivity contribution < 1.29 is 28.0 Å². The number of fused-ring (bicyclic) bond motifs is 1. The number of methoxy groups -OCH3 is 2. The van der Waals surface area contributed by atoms with Gasteiger partial charge >= 0.3 is 0 Å². The molecule has 5 aromatic rings. The van der Waals surface area contributed by atoms with E-state index in [1.807, 2.05) is 78.9 Å². The zero-order chi connectivity index (χ0) is 41.6. The molecule has 15 heteroatoms.